The van der Waals surface area contributed by atoms with Crippen molar-refractivity contribution in [3.8, 4) is 0 Å². The molecule has 0 saturated heterocycles. The molecule has 0 saturated carbocycles. The van der Waals surface area contributed by atoms with E-state index < -0.39 is 6.10 Å². The first-order valence-corrected chi connectivity index (χ1v) is 23.4. The predicted octanol–water partition coefficient (Wildman–Crippen LogP) is 14.7. The zero-order chi connectivity index (χ0) is 38.9. The highest BCUT2D eigenvalue weighted by molar-refractivity contribution is 5.71. The largest absolute Gasteiger partial charge is 0.462 e. The minimum absolute atomic E-state index is 0.0644. The van der Waals surface area contributed by atoms with Gasteiger partial charge in [0, 0.05) is 19.3 Å². The molecule has 1 atom stereocenters. The van der Waals surface area contributed by atoms with Gasteiger partial charge in [0.05, 0.1) is 0 Å². The summed E-state index contributed by atoms with van der Waals surface area (Å²) in [6.45, 7) is 8.94. The van der Waals surface area contributed by atoms with E-state index in [-0.39, 0.29) is 31.1 Å². The van der Waals surface area contributed by atoms with E-state index in [1.165, 1.54) is 148 Å². The zero-order valence-corrected chi connectivity index (χ0v) is 36.0. The maximum absolute atomic E-state index is 12.7. The molecule has 0 heterocycles. The Morgan fingerprint density at radius 1 is 0.358 bits per heavy atom. The Labute approximate surface area is 329 Å². The first-order valence-electron chi connectivity index (χ1n) is 23.4. The highest BCUT2D eigenvalue weighted by Gasteiger charge is 2.19. The molecular formula is C47H90O6. The van der Waals surface area contributed by atoms with Gasteiger partial charge in [-0.2, -0.15) is 0 Å². The number of hydrogen-bond acceptors (Lipinski definition) is 6. The van der Waals surface area contributed by atoms with E-state index in [9.17, 15) is 14.4 Å². The summed E-state index contributed by atoms with van der Waals surface area (Å²) in [5, 5.41) is 0. The average Bonchev–Trinajstić information content (AvgIpc) is 3.14. The van der Waals surface area contributed by atoms with Crippen molar-refractivity contribution in [2.24, 2.45) is 5.92 Å². The van der Waals surface area contributed by atoms with Crippen molar-refractivity contribution in [2.75, 3.05) is 13.2 Å². The van der Waals surface area contributed by atoms with E-state index in [2.05, 4.69) is 27.7 Å². The van der Waals surface area contributed by atoms with Crippen LogP contribution >= 0.6 is 0 Å². The van der Waals surface area contributed by atoms with Crippen LogP contribution in [0.4, 0.5) is 0 Å². The van der Waals surface area contributed by atoms with Gasteiger partial charge in [-0.05, 0) is 25.2 Å². The molecule has 53 heavy (non-hydrogen) atoms. The molecule has 0 aliphatic carbocycles. The third-order valence-electron chi connectivity index (χ3n) is 10.5. The molecule has 6 heteroatoms. The van der Waals surface area contributed by atoms with Gasteiger partial charge in [-0.3, -0.25) is 14.4 Å². The summed E-state index contributed by atoms with van der Waals surface area (Å²) < 4.78 is 16.6. The van der Waals surface area contributed by atoms with Crippen LogP contribution in [0.5, 0.6) is 0 Å². The van der Waals surface area contributed by atoms with Crippen LogP contribution in [0, 0.1) is 5.92 Å². The lowest BCUT2D eigenvalue weighted by Gasteiger charge is -2.18. The van der Waals surface area contributed by atoms with Gasteiger partial charge in [-0.25, -0.2) is 0 Å². The minimum Gasteiger partial charge on any atom is -0.462 e. The topological polar surface area (TPSA) is 78.9 Å². The van der Waals surface area contributed by atoms with Crippen LogP contribution in [0.1, 0.15) is 259 Å². The number of hydrogen-bond donors (Lipinski definition) is 0. The van der Waals surface area contributed by atoms with Gasteiger partial charge in [-0.1, -0.05) is 220 Å². The lowest BCUT2D eigenvalue weighted by molar-refractivity contribution is -0.167. The number of esters is 3. The summed E-state index contributed by atoms with van der Waals surface area (Å²) >= 11 is 0. The summed E-state index contributed by atoms with van der Waals surface area (Å²) in [6, 6.07) is 0. The van der Waals surface area contributed by atoms with Crippen LogP contribution in [0.15, 0.2) is 0 Å². The molecule has 0 aromatic carbocycles. The Bertz CT molecular complexity index is 796. The van der Waals surface area contributed by atoms with E-state index in [0.29, 0.717) is 19.3 Å². The first-order chi connectivity index (χ1) is 25.9. The van der Waals surface area contributed by atoms with E-state index in [0.717, 1.165) is 70.1 Å². The molecule has 0 aliphatic rings. The number of carbonyl (C=O) groups is 3. The molecule has 0 bridgehead atoms. The highest BCUT2D eigenvalue weighted by atomic mass is 16.6. The molecule has 0 aromatic heterocycles. The van der Waals surface area contributed by atoms with Crippen LogP contribution in [0.3, 0.4) is 0 Å². The van der Waals surface area contributed by atoms with E-state index in [1.54, 1.807) is 0 Å². The molecule has 0 unspecified atom stereocenters. The standard InChI is InChI=1S/C47H90O6/c1-5-7-9-11-12-13-14-17-22-25-28-32-36-40-47(50)53-44(41-51-45(48)38-34-29-10-8-6-2)42-52-46(49)39-35-31-27-24-21-19-16-15-18-20-23-26-30-33-37-43(3)4/h43-44H,5-42H2,1-4H3/t44-/m0/s1. The van der Waals surface area contributed by atoms with Crippen molar-refractivity contribution in [3.63, 3.8) is 0 Å². The Morgan fingerprint density at radius 2 is 0.623 bits per heavy atom. The molecular weight excluding hydrogens is 661 g/mol. The molecule has 0 rings (SSSR count). The Balaban J connectivity index is 4.14. The summed E-state index contributed by atoms with van der Waals surface area (Å²) in [5.74, 6) is -0.0208. The van der Waals surface area contributed by atoms with Gasteiger partial charge in [0.1, 0.15) is 13.2 Å². The lowest BCUT2D eigenvalue weighted by atomic mass is 10.0. The Kier molecular flexibility index (Phi) is 40.3. The van der Waals surface area contributed by atoms with Crippen molar-refractivity contribution in [2.45, 2.75) is 265 Å². The van der Waals surface area contributed by atoms with E-state index in [4.69, 9.17) is 14.2 Å². The number of unbranched alkanes of at least 4 members (excludes halogenated alkanes) is 29. The summed E-state index contributed by atoms with van der Waals surface area (Å²) in [6.07, 6.45) is 41.1. The van der Waals surface area contributed by atoms with Gasteiger partial charge < -0.3 is 14.2 Å². The second-order valence-corrected chi connectivity index (χ2v) is 16.5. The lowest BCUT2D eigenvalue weighted by Crippen LogP contribution is -2.30. The third-order valence-corrected chi connectivity index (χ3v) is 10.5. The van der Waals surface area contributed by atoms with Gasteiger partial charge in [0.25, 0.3) is 0 Å². The summed E-state index contributed by atoms with van der Waals surface area (Å²) in [7, 11) is 0. The monoisotopic (exact) mass is 751 g/mol. The fourth-order valence-corrected chi connectivity index (χ4v) is 6.98. The highest BCUT2D eigenvalue weighted by Crippen LogP contribution is 2.16. The van der Waals surface area contributed by atoms with Crippen molar-refractivity contribution >= 4 is 17.9 Å². The first kappa shape index (κ1) is 51.4. The van der Waals surface area contributed by atoms with Crippen LogP contribution in [-0.4, -0.2) is 37.2 Å². The summed E-state index contributed by atoms with van der Waals surface area (Å²) in [4.78, 5) is 37.5. The third kappa shape index (κ3) is 41.4. The van der Waals surface area contributed by atoms with E-state index >= 15 is 0 Å². The summed E-state index contributed by atoms with van der Waals surface area (Å²) in [5.41, 5.74) is 0. The molecule has 6 nitrogen and oxygen atoms in total. The maximum Gasteiger partial charge on any atom is 0.306 e. The fraction of sp³-hybridized carbons (Fsp3) is 0.936. The van der Waals surface area contributed by atoms with Crippen LogP contribution < -0.4 is 0 Å². The Hall–Kier alpha value is -1.59. The number of carbonyl (C=O) groups excluding carboxylic acids is 3. The molecule has 0 aromatic rings. The normalized spacial score (nSPS) is 11.9. The van der Waals surface area contributed by atoms with Gasteiger partial charge >= 0.3 is 17.9 Å². The second-order valence-electron chi connectivity index (χ2n) is 16.5. The molecule has 0 spiro atoms. The molecule has 0 radical (unpaired) electrons. The van der Waals surface area contributed by atoms with E-state index in [1.807, 2.05) is 0 Å². The molecule has 0 aliphatic heterocycles. The van der Waals surface area contributed by atoms with Gasteiger partial charge in [0.2, 0.25) is 0 Å². The fourth-order valence-electron chi connectivity index (χ4n) is 6.98. The number of rotatable bonds is 42. The van der Waals surface area contributed by atoms with Crippen LogP contribution in [0.2, 0.25) is 0 Å². The number of ether oxygens (including phenoxy) is 3. The second kappa shape index (κ2) is 41.6. The van der Waals surface area contributed by atoms with Crippen molar-refractivity contribution in [1.29, 1.82) is 0 Å². The molecule has 314 valence electrons. The van der Waals surface area contributed by atoms with Crippen molar-refractivity contribution in [3.05, 3.63) is 0 Å². The molecule has 0 N–H and O–H groups in total. The smallest absolute Gasteiger partial charge is 0.306 e. The van der Waals surface area contributed by atoms with Gasteiger partial charge in [-0.15, -0.1) is 0 Å². The zero-order valence-electron chi connectivity index (χ0n) is 36.0. The SMILES string of the molecule is CCCCCCCCCCCCCCCC(=O)O[C@@H](COC(=O)CCCCCCC)COC(=O)CCCCCCCCCCCCCCCCC(C)C. The molecule has 0 fully saturated rings. The Morgan fingerprint density at radius 3 is 0.925 bits per heavy atom. The van der Waals surface area contributed by atoms with Gasteiger partial charge in [0.15, 0.2) is 6.10 Å². The quantitative estimate of drug-likeness (QED) is 0.0351. The van der Waals surface area contributed by atoms with Crippen LogP contribution in [-0.2, 0) is 28.6 Å². The van der Waals surface area contributed by atoms with Crippen LogP contribution in [0.25, 0.3) is 0 Å². The predicted molar refractivity (Wildman–Crippen MR) is 224 cm³/mol. The minimum atomic E-state index is -0.757. The average molecular weight is 751 g/mol. The molecule has 0 amide bonds. The van der Waals surface area contributed by atoms with Crippen molar-refractivity contribution < 1.29 is 28.6 Å². The van der Waals surface area contributed by atoms with Crippen molar-refractivity contribution in [1.82, 2.24) is 0 Å². The maximum atomic E-state index is 12.7.